The third kappa shape index (κ3) is 4.09. The highest BCUT2D eigenvalue weighted by Gasteiger charge is 2.49. The molecule has 2 aliphatic rings. The van der Waals surface area contributed by atoms with Gasteiger partial charge in [-0.2, -0.15) is 0 Å². The smallest absolute Gasteiger partial charge is 0.293 e. The minimum atomic E-state index is -1.22. The van der Waals surface area contributed by atoms with Gasteiger partial charge in [0.2, 0.25) is 0 Å². The molecule has 0 aromatic heterocycles. The minimum Gasteiger partial charge on any atom is -0.507 e. The van der Waals surface area contributed by atoms with Gasteiger partial charge in [-0.15, -0.1) is 0 Å². The van der Waals surface area contributed by atoms with Crippen LogP contribution in [-0.4, -0.2) is 16.7 Å². The summed E-state index contributed by atoms with van der Waals surface area (Å²) in [4.78, 5) is 13.4. The number of benzene rings is 1. The monoisotopic (exact) mass is 440 g/mol. The molecule has 1 aliphatic carbocycles. The molecule has 1 aliphatic heterocycles. The van der Waals surface area contributed by atoms with Crippen molar-refractivity contribution in [2.75, 3.05) is 0 Å². The quantitative estimate of drug-likeness (QED) is 0.473. The highest BCUT2D eigenvalue weighted by molar-refractivity contribution is 6.11. The molecule has 0 bridgehead atoms. The molecule has 4 nitrogen and oxygen atoms in total. The first kappa shape index (κ1) is 24.4. The van der Waals surface area contributed by atoms with E-state index in [9.17, 15) is 9.90 Å². The summed E-state index contributed by atoms with van der Waals surface area (Å²) in [6, 6.07) is 1.89. The fraction of sp³-hybridized carbons (Fsp3) is 0.607. The number of allylic oxidation sites excluding steroid dienone is 2. The van der Waals surface area contributed by atoms with Crippen LogP contribution in [0.1, 0.15) is 94.2 Å². The maximum absolute atomic E-state index is 13.4. The second-order valence-electron chi connectivity index (χ2n) is 13.3. The molecule has 0 amide bonds. The standard InChI is InChI=1S/C28H40O4/c1-24(2,3)16-13-19-23(20(22(16)30)27(10,11)12)32-28(31-19)14-17(25(4,5)6)21(29)18(15-28)26(7,8)9/h13-15,30H,1-12H3. The number of carbonyl (C=O) groups excluding carboxylic acids is 1. The molecule has 4 heteroatoms. The first-order chi connectivity index (χ1) is 14.2. The Morgan fingerprint density at radius 3 is 1.56 bits per heavy atom. The molecule has 0 radical (unpaired) electrons. The molecular formula is C28H40O4. The molecule has 1 aromatic rings. The van der Waals surface area contributed by atoms with Crippen LogP contribution >= 0.6 is 0 Å². The lowest BCUT2D eigenvalue weighted by Crippen LogP contribution is -2.42. The van der Waals surface area contributed by atoms with Gasteiger partial charge in [-0.3, -0.25) is 4.79 Å². The second-order valence-corrected chi connectivity index (χ2v) is 13.3. The highest BCUT2D eigenvalue weighted by Crippen LogP contribution is 2.55. The third-order valence-corrected chi connectivity index (χ3v) is 6.10. The van der Waals surface area contributed by atoms with Gasteiger partial charge in [-0.25, -0.2) is 0 Å². The van der Waals surface area contributed by atoms with Crippen LogP contribution in [0.4, 0.5) is 0 Å². The fourth-order valence-corrected chi connectivity index (χ4v) is 4.38. The van der Waals surface area contributed by atoms with Crippen LogP contribution < -0.4 is 9.47 Å². The van der Waals surface area contributed by atoms with Crippen molar-refractivity contribution in [3.8, 4) is 17.2 Å². The largest absolute Gasteiger partial charge is 0.507 e. The summed E-state index contributed by atoms with van der Waals surface area (Å²) in [6.07, 6.45) is 3.65. The van der Waals surface area contributed by atoms with Gasteiger partial charge in [0.25, 0.3) is 5.79 Å². The molecule has 0 fully saturated rings. The lowest BCUT2D eigenvalue weighted by molar-refractivity contribution is -0.115. The van der Waals surface area contributed by atoms with E-state index >= 15 is 0 Å². The number of Topliss-reactive ketones (excluding diaryl/α,β-unsaturated/α-hetero) is 1. The van der Waals surface area contributed by atoms with Crippen molar-refractivity contribution in [3.05, 3.63) is 40.5 Å². The molecule has 3 rings (SSSR count). The SMILES string of the molecule is CC(C)(C)C1=CC2(C=C(C(C)(C)C)C1=O)Oc1cc(C(C)(C)C)c(O)c(C(C)(C)C)c1O2. The Balaban J connectivity index is 2.31. The zero-order valence-electron chi connectivity index (χ0n) is 21.9. The van der Waals surface area contributed by atoms with Crippen molar-refractivity contribution < 1.29 is 19.4 Å². The first-order valence-electron chi connectivity index (χ1n) is 11.5. The number of phenolic OH excluding ortho intramolecular Hbond substituents is 1. The van der Waals surface area contributed by atoms with Gasteiger partial charge in [-0.05, 0) is 27.7 Å². The molecule has 0 atom stereocenters. The summed E-state index contributed by atoms with van der Waals surface area (Å²) in [5.41, 5.74) is 1.50. The first-order valence-corrected chi connectivity index (χ1v) is 11.5. The molecule has 1 N–H and O–H groups in total. The predicted octanol–water partition coefficient (Wildman–Crippen LogP) is 6.98. The van der Waals surface area contributed by atoms with E-state index in [0.717, 1.165) is 11.1 Å². The Labute approximate surface area is 193 Å². The summed E-state index contributed by atoms with van der Waals surface area (Å²) in [5, 5.41) is 11.3. The number of phenols is 1. The van der Waals surface area contributed by atoms with Gasteiger partial charge >= 0.3 is 0 Å². The van der Waals surface area contributed by atoms with E-state index < -0.39 is 5.79 Å². The molecule has 32 heavy (non-hydrogen) atoms. The average molecular weight is 441 g/mol. The van der Waals surface area contributed by atoms with Gasteiger partial charge in [0, 0.05) is 34.4 Å². The average Bonchev–Trinajstić information content (AvgIpc) is 2.89. The third-order valence-electron chi connectivity index (χ3n) is 6.10. The summed E-state index contributed by atoms with van der Waals surface area (Å²) >= 11 is 0. The molecule has 176 valence electrons. The van der Waals surface area contributed by atoms with Gasteiger partial charge in [0.15, 0.2) is 17.3 Å². The van der Waals surface area contributed by atoms with E-state index in [1.807, 2.05) is 59.8 Å². The van der Waals surface area contributed by atoms with E-state index in [-0.39, 0.29) is 33.2 Å². The number of rotatable bonds is 0. The minimum absolute atomic E-state index is 0.0352. The van der Waals surface area contributed by atoms with E-state index in [0.29, 0.717) is 22.6 Å². The zero-order valence-corrected chi connectivity index (χ0v) is 21.9. The van der Waals surface area contributed by atoms with Crippen molar-refractivity contribution in [1.29, 1.82) is 0 Å². The number of carbonyl (C=O) groups is 1. The van der Waals surface area contributed by atoms with Crippen LogP contribution in [0.15, 0.2) is 29.4 Å². The molecule has 0 unspecified atom stereocenters. The van der Waals surface area contributed by atoms with E-state index in [4.69, 9.17) is 9.47 Å². The summed E-state index contributed by atoms with van der Waals surface area (Å²) in [7, 11) is 0. The number of hydrogen-bond donors (Lipinski definition) is 1. The van der Waals surface area contributed by atoms with Crippen molar-refractivity contribution in [2.45, 2.75) is 99.7 Å². The maximum atomic E-state index is 13.4. The summed E-state index contributed by atoms with van der Waals surface area (Å²) in [5.74, 6) is 0.210. The van der Waals surface area contributed by atoms with Crippen LogP contribution in [0, 0.1) is 10.8 Å². The predicted molar refractivity (Wildman–Crippen MR) is 130 cm³/mol. The van der Waals surface area contributed by atoms with Crippen LogP contribution in [0.3, 0.4) is 0 Å². The Morgan fingerprint density at radius 1 is 0.719 bits per heavy atom. The number of ether oxygens (including phenoxy) is 2. The van der Waals surface area contributed by atoms with E-state index in [1.54, 1.807) is 0 Å². The van der Waals surface area contributed by atoms with Gasteiger partial charge in [0.1, 0.15) is 5.75 Å². The topological polar surface area (TPSA) is 55.8 Å². The fourth-order valence-electron chi connectivity index (χ4n) is 4.38. The van der Waals surface area contributed by atoms with E-state index in [1.165, 1.54) is 0 Å². The summed E-state index contributed by atoms with van der Waals surface area (Å²) < 4.78 is 13.1. The zero-order chi connectivity index (χ0) is 24.7. The lowest BCUT2D eigenvalue weighted by atomic mass is 9.71. The Kier molecular flexibility index (Phi) is 5.25. The summed E-state index contributed by atoms with van der Waals surface area (Å²) in [6.45, 7) is 24.6. The highest BCUT2D eigenvalue weighted by atomic mass is 16.7. The number of aromatic hydroxyl groups is 1. The Hall–Kier alpha value is -2.23. The van der Waals surface area contributed by atoms with Crippen molar-refractivity contribution in [3.63, 3.8) is 0 Å². The molecular weight excluding hydrogens is 400 g/mol. The normalized spacial score (nSPS) is 18.7. The lowest BCUT2D eigenvalue weighted by Gasteiger charge is -2.36. The van der Waals surface area contributed by atoms with Crippen LogP contribution in [-0.2, 0) is 15.6 Å². The number of fused-ring (bicyclic) bond motifs is 1. The van der Waals surface area contributed by atoms with Gasteiger partial charge in [-0.1, -0.05) is 83.1 Å². The maximum Gasteiger partial charge on any atom is 0.293 e. The second kappa shape index (κ2) is 6.88. The van der Waals surface area contributed by atoms with Crippen LogP contribution in [0.2, 0.25) is 0 Å². The van der Waals surface area contributed by atoms with Gasteiger partial charge in [0.05, 0.1) is 0 Å². The van der Waals surface area contributed by atoms with E-state index in [2.05, 4.69) is 41.5 Å². The number of hydrogen-bond acceptors (Lipinski definition) is 4. The molecule has 1 heterocycles. The van der Waals surface area contributed by atoms with Crippen molar-refractivity contribution >= 4 is 5.78 Å². The number of ketones is 1. The van der Waals surface area contributed by atoms with Gasteiger partial charge < -0.3 is 14.6 Å². The molecule has 0 saturated heterocycles. The Morgan fingerprint density at radius 2 is 1.19 bits per heavy atom. The molecule has 1 spiro atoms. The van der Waals surface area contributed by atoms with Crippen molar-refractivity contribution in [2.24, 2.45) is 10.8 Å². The van der Waals surface area contributed by atoms with Crippen LogP contribution in [0.25, 0.3) is 0 Å². The van der Waals surface area contributed by atoms with Crippen molar-refractivity contribution in [1.82, 2.24) is 0 Å². The Bertz CT molecular complexity index is 992. The molecule has 1 aromatic carbocycles. The molecule has 0 saturated carbocycles. The van der Waals surface area contributed by atoms with Crippen LogP contribution in [0.5, 0.6) is 17.2 Å².